The van der Waals surface area contributed by atoms with Gasteiger partial charge in [0.1, 0.15) is 12.4 Å². The summed E-state index contributed by atoms with van der Waals surface area (Å²) < 4.78 is 5.62. The van der Waals surface area contributed by atoms with Crippen molar-refractivity contribution in [1.82, 2.24) is 0 Å². The van der Waals surface area contributed by atoms with Crippen LogP contribution in [0.3, 0.4) is 0 Å². The van der Waals surface area contributed by atoms with Gasteiger partial charge in [-0.3, -0.25) is 0 Å². The Morgan fingerprint density at radius 2 is 1.85 bits per heavy atom. The highest BCUT2D eigenvalue weighted by Gasteiger charge is 2.17. The summed E-state index contributed by atoms with van der Waals surface area (Å²) in [6.45, 7) is 2.48. The van der Waals surface area contributed by atoms with Gasteiger partial charge in [0.15, 0.2) is 0 Å². The second-order valence-corrected chi connectivity index (χ2v) is 5.30. The van der Waals surface area contributed by atoms with Gasteiger partial charge < -0.3 is 9.84 Å². The van der Waals surface area contributed by atoms with Gasteiger partial charge in [0, 0.05) is 0 Å². The molecule has 2 heteroatoms. The van der Waals surface area contributed by atoms with Crippen LogP contribution in [0.5, 0.6) is 5.75 Å². The normalized spacial score (nSPS) is 13.3. The third-order valence-electron chi connectivity index (χ3n) is 4.07. The Kier molecular flexibility index (Phi) is 3.75. The first kappa shape index (κ1) is 13.2. The van der Waals surface area contributed by atoms with Crippen LogP contribution in [0.2, 0.25) is 0 Å². The van der Waals surface area contributed by atoms with Gasteiger partial charge in [-0.2, -0.15) is 0 Å². The van der Waals surface area contributed by atoms with Crippen LogP contribution < -0.4 is 4.74 Å². The number of aliphatic hydroxyl groups excluding tert-OH is 1. The van der Waals surface area contributed by atoms with Crippen molar-refractivity contribution in [2.45, 2.75) is 26.2 Å². The Labute approximate surface area is 120 Å². The van der Waals surface area contributed by atoms with E-state index in [9.17, 15) is 0 Å². The molecule has 2 aromatic rings. The van der Waals surface area contributed by atoms with Crippen LogP contribution in [0.25, 0.3) is 11.1 Å². The van der Waals surface area contributed by atoms with E-state index in [1.807, 2.05) is 12.1 Å². The van der Waals surface area contributed by atoms with Gasteiger partial charge in [-0.15, -0.1) is 0 Å². The van der Waals surface area contributed by atoms with Gasteiger partial charge in [0.05, 0.1) is 6.61 Å². The molecule has 0 spiro atoms. The molecule has 2 aromatic carbocycles. The predicted molar refractivity (Wildman–Crippen MR) is 81.2 cm³/mol. The lowest BCUT2D eigenvalue weighted by Gasteiger charge is -2.15. The summed E-state index contributed by atoms with van der Waals surface area (Å²) in [5, 5.41) is 8.91. The van der Waals surface area contributed by atoms with E-state index in [4.69, 9.17) is 9.84 Å². The number of hydrogen-bond donors (Lipinski definition) is 1. The zero-order chi connectivity index (χ0) is 13.9. The summed E-state index contributed by atoms with van der Waals surface area (Å²) in [4.78, 5) is 0. The van der Waals surface area contributed by atoms with Crippen LogP contribution >= 0.6 is 0 Å². The quantitative estimate of drug-likeness (QED) is 0.919. The highest BCUT2D eigenvalue weighted by Crippen LogP contribution is 2.36. The lowest BCUT2D eigenvalue weighted by Crippen LogP contribution is -2.03. The van der Waals surface area contributed by atoms with Crippen molar-refractivity contribution < 1.29 is 9.84 Å². The molecule has 1 aliphatic carbocycles. The molecule has 0 saturated heterocycles. The van der Waals surface area contributed by atoms with Gasteiger partial charge in [-0.05, 0) is 60.1 Å². The van der Waals surface area contributed by atoms with Crippen molar-refractivity contribution in [3.05, 3.63) is 53.1 Å². The second kappa shape index (κ2) is 5.68. The van der Waals surface area contributed by atoms with Crippen molar-refractivity contribution in [3.8, 4) is 16.9 Å². The zero-order valence-corrected chi connectivity index (χ0v) is 11.9. The molecule has 1 aliphatic rings. The molecular formula is C18H20O2. The van der Waals surface area contributed by atoms with Gasteiger partial charge in [-0.1, -0.05) is 30.3 Å². The van der Waals surface area contributed by atoms with Gasteiger partial charge in [0.2, 0.25) is 0 Å². The molecule has 0 amide bonds. The van der Waals surface area contributed by atoms with E-state index in [-0.39, 0.29) is 6.61 Å². The van der Waals surface area contributed by atoms with Crippen LogP contribution in [0.15, 0.2) is 36.4 Å². The standard InChI is InChI=1S/C18H20O2/c1-13-15(7-4-10-18(13)20-12-11-19)17-9-3-6-14-5-2-8-16(14)17/h3-4,6-7,9-10,19H,2,5,8,11-12H2,1H3. The molecule has 0 aromatic heterocycles. The smallest absolute Gasteiger partial charge is 0.122 e. The first-order valence-electron chi connectivity index (χ1n) is 7.25. The largest absolute Gasteiger partial charge is 0.491 e. The van der Waals surface area contributed by atoms with E-state index in [1.54, 1.807) is 0 Å². The van der Waals surface area contributed by atoms with Crippen molar-refractivity contribution in [2.75, 3.05) is 13.2 Å². The zero-order valence-electron chi connectivity index (χ0n) is 11.9. The first-order chi connectivity index (χ1) is 9.81. The minimum absolute atomic E-state index is 0.0460. The summed E-state index contributed by atoms with van der Waals surface area (Å²) in [5.74, 6) is 0.868. The summed E-state index contributed by atoms with van der Waals surface area (Å²) >= 11 is 0. The topological polar surface area (TPSA) is 29.5 Å². The SMILES string of the molecule is Cc1c(OCCO)cccc1-c1cccc2c1CCC2. The summed E-state index contributed by atoms with van der Waals surface area (Å²) in [6, 6.07) is 12.8. The Morgan fingerprint density at radius 3 is 2.70 bits per heavy atom. The minimum Gasteiger partial charge on any atom is -0.491 e. The number of ether oxygens (including phenoxy) is 1. The maximum atomic E-state index is 8.91. The molecule has 2 nitrogen and oxygen atoms in total. The van der Waals surface area contributed by atoms with E-state index < -0.39 is 0 Å². The fourth-order valence-electron chi connectivity index (χ4n) is 3.09. The van der Waals surface area contributed by atoms with Gasteiger partial charge >= 0.3 is 0 Å². The van der Waals surface area contributed by atoms with E-state index in [2.05, 4.69) is 31.2 Å². The number of aliphatic hydroxyl groups is 1. The predicted octanol–water partition coefficient (Wildman–Crippen LogP) is 3.52. The lowest BCUT2D eigenvalue weighted by atomic mass is 9.93. The molecule has 0 fully saturated rings. The molecular weight excluding hydrogens is 248 g/mol. The highest BCUT2D eigenvalue weighted by atomic mass is 16.5. The molecule has 0 saturated carbocycles. The van der Waals surface area contributed by atoms with E-state index in [0.29, 0.717) is 6.61 Å². The second-order valence-electron chi connectivity index (χ2n) is 5.30. The maximum absolute atomic E-state index is 8.91. The maximum Gasteiger partial charge on any atom is 0.122 e. The van der Waals surface area contributed by atoms with Crippen molar-refractivity contribution >= 4 is 0 Å². The third-order valence-corrected chi connectivity index (χ3v) is 4.07. The Morgan fingerprint density at radius 1 is 1.05 bits per heavy atom. The van der Waals surface area contributed by atoms with E-state index >= 15 is 0 Å². The molecule has 0 bridgehead atoms. The van der Waals surface area contributed by atoms with Crippen molar-refractivity contribution in [1.29, 1.82) is 0 Å². The molecule has 1 N–H and O–H groups in total. The molecule has 0 atom stereocenters. The van der Waals surface area contributed by atoms with Crippen molar-refractivity contribution in [3.63, 3.8) is 0 Å². The Bertz CT molecular complexity index is 617. The molecule has 20 heavy (non-hydrogen) atoms. The Hall–Kier alpha value is -1.80. The van der Waals surface area contributed by atoms with E-state index in [1.165, 1.54) is 41.5 Å². The lowest BCUT2D eigenvalue weighted by molar-refractivity contribution is 0.200. The summed E-state index contributed by atoms with van der Waals surface area (Å²) in [6.07, 6.45) is 3.63. The van der Waals surface area contributed by atoms with Crippen LogP contribution in [-0.4, -0.2) is 18.3 Å². The highest BCUT2D eigenvalue weighted by molar-refractivity contribution is 5.74. The van der Waals surface area contributed by atoms with Crippen LogP contribution in [0.1, 0.15) is 23.1 Å². The van der Waals surface area contributed by atoms with Crippen LogP contribution in [0.4, 0.5) is 0 Å². The average molecular weight is 268 g/mol. The number of fused-ring (bicyclic) bond motifs is 1. The molecule has 3 rings (SSSR count). The first-order valence-corrected chi connectivity index (χ1v) is 7.25. The Balaban J connectivity index is 2.05. The van der Waals surface area contributed by atoms with Crippen molar-refractivity contribution in [2.24, 2.45) is 0 Å². The van der Waals surface area contributed by atoms with Crippen LogP contribution in [0, 0.1) is 6.92 Å². The number of rotatable bonds is 4. The molecule has 0 radical (unpaired) electrons. The average Bonchev–Trinajstić information content (AvgIpc) is 2.95. The molecule has 0 unspecified atom stereocenters. The summed E-state index contributed by atoms with van der Waals surface area (Å²) in [5.41, 5.74) is 6.73. The molecule has 104 valence electrons. The minimum atomic E-state index is 0.0460. The number of hydrogen-bond acceptors (Lipinski definition) is 2. The number of benzene rings is 2. The van der Waals surface area contributed by atoms with Gasteiger partial charge in [0.25, 0.3) is 0 Å². The third kappa shape index (κ3) is 2.32. The molecule has 0 aliphatic heterocycles. The number of aryl methyl sites for hydroxylation is 1. The monoisotopic (exact) mass is 268 g/mol. The fraction of sp³-hybridized carbons (Fsp3) is 0.333. The van der Waals surface area contributed by atoms with Crippen LogP contribution in [-0.2, 0) is 12.8 Å². The summed E-state index contributed by atoms with van der Waals surface area (Å²) in [7, 11) is 0. The molecule has 0 heterocycles. The van der Waals surface area contributed by atoms with Gasteiger partial charge in [-0.25, -0.2) is 0 Å². The van der Waals surface area contributed by atoms with E-state index in [0.717, 1.165) is 11.3 Å². The fourth-order valence-corrected chi connectivity index (χ4v) is 3.09.